The molecule has 1 aromatic carbocycles. The van der Waals surface area contributed by atoms with Gasteiger partial charge in [0.2, 0.25) is 0 Å². The number of hydrogen-bond acceptors (Lipinski definition) is 3. The molecule has 2 aromatic rings. The Hall–Kier alpha value is -1.71. The van der Waals surface area contributed by atoms with Crippen LogP contribution >= 0.6 is 0 Å². The number of imidazole rings is 1. The third-order valence-corrected chi connectivity index (χ3v) is 2.29. The van der Waals surface area contributed by atoms with E-state index < -0.39 is 0 Å². The summed E-state index contributed by atoms with van der Waals surface area (Å²) in [6.45, 7) is 1.43. The Morgan fingerprint density at radius 1 is 1.14 bits per heavy atom. The molecule has 0 atom stereocenters. The number of H-pyrrole nitrogens is 1. The van der Waals surface area contributed by atoms with Gasteiger partial charge in [-0.1, -0.05) is 0 Å². The van der Waals surface area contributed by atoms with E-state index in [9.17, 15) is 0 Å². The van der Waals surface area contributed by atoms with Crippen molar-refractivity contribution >= 4 is 11.0 Å². The number of nitrogens with one attached hydrogen (secondary N) is 1. The fourth-order valence-electron chi connectivity index (χ4n) is 1.59. The van der Waals surface area contributed by atoms with Gasteiger partial charge in [0.1, 0.15) is 0 Å². The summed E-state index contributed by atoms with van der Waals surface area (Å²) >= 11 is 0. The Labute approximate surface area is 80.9 Å². The highest BCUT2D eigenvalue weighted by Gasteiger charge is 2.11. The molecule has 1 N–H and O–H groups in total. The molecule has 72 valence electrons. The SMILES string of the molecule is c1nc2cc3c(cc2[nH]1)OCCCO3. The number of hydrogen-bond donors (Lipinski definition) is 1. The molecule has 0 bridgehead atoms. The van der Waals surface area contributed by atoms with Crippen LogP contribution in [0.1, 0.15) is 6.42 Å². The summed E-state index contributed by atoms with van der Waals surface area (Å²) in [4.78, 5) is 7.21. The van der Waals surface area contributed by atoms with Crippen molar-refractivity contribution in [3.05, 3.63) is 18.5 Å². The predicted octanol–water partition coefficient (Wildman–Crippen LogP) is 1.72. The zero-order valence-electron chi connectivity index (χ0n) is 7.62. The third-order valence-electron chi connectivity index (χ3n) is 2.29. The van der Waals surface area contributed by atoms with Gasteiger partial charge in [-0.05, 0) is 0 Å². The fourth-order valence-corrected chi connectivity index (χ4v) is 1.59. The van der Waals surface area contributed by atoms with Gasteiger partial charge in [0, 0.05) is 18.6 Å². The largest absolute Gasteiger partial charge is 0.489 e. The molecule has 1 aliphatic heterocycles. The van der Waals surface area contributed by atoms with Crippen molar-refractivity contribution < 1.29 is 9.47 Å². The second kappa shape index (κ2) is 2.90. The molecule has 0 aliphatic carbocycles. The van der Waals surface area contributed by atoms with Gasteiger partial charge >= 0.3 is 0 Å². The Bertz CT molecular complexity index is 424. The summed E-state index contributed by atoms with van der Waals surface area (Å²) in [6.07, 6.45) is 2.60. The topological polar surface area (TPSA) is 47.1 Å². The first-order valence-electron chi connectivity index (χ1n) is 4.66. The summed E-state index contributed by atoms with van der Waals surface area (Å²) in [5.74, 6) is 1.60. The minimum Gasteiger partial charge on any atom is -0.489 e. The van der Waals surface area contributed by atoms with E-state index in [-0.39, 0.29) is 0 Å². The van der Waals surface area contributed by atoms with Crippen LogP contribution in [-0.2, 0) is 0 Å². The van der Waals surface area contributed by atoms with Crippen LogP contribution in [0.25, 0.3) is 11.0 Å². The minimum atomic E-state index is 0.711. The lowest BCUT2D eigenvalue weighted by atomic mass is 10.3. The molecule has 4 heteroatoms. The lowest BCUT2D eigenvalue weighted by Crippen LogP contribution is -1.97. The van der Waals surface area contributed by atoms with Gasteiger partial charge in [0.15, 0.2) is 11.5 Å². The van der Waals surface area contributed by atoms with Crippen molar-refractivity contribution in [3.63, 3.8) is 0 Å². The molecule has 2 heterocycles. The second-order valence-electron chi connectivity index (χ2n) is 3.27. The van der Waals surface area contributed by atoms with Crippen molar-refractivity contribution in [1.29, 1.82) is 0 Å². The molecule has 1 aliphatic rings. The average molecular weight is 190 g/mol. The molecule has 14 heavy (non-hydrogen) atoms. The highest BCUT2D eigenvalue weighted by molar-refractivity contribution is 5.79. The molecular weight excluding hydrogens is 180 g/mol. The molecule has 4 nitrogen and oxygen atoms in total. The van der Waals surface area contributed by atoms with Crippen molar-refractivity contribution in [2.45, 2.75) is 6.42 Å². The molecule has 3 rings (SSSR count). The van der Waals surface area contributed by atoms with Crippen LogP contribution in [0.3, 0.4) is 0 Å². The summed E-state index contributed by atoms with van der Waals surface area (Å²) in [5.41, 5.74) is 1.89. The molecule has 0 unspecified atom stereocenters. The molecule has 0 spiro atoms. The van der Waals surface area contributed by atoms with E-state index in [0.29, 0.717) is 13.2 Å². The highest BCUT2D eigenvalue weighted by atomic mass is 16.5. The average Bonchev–Trinajstić information content (AvgIpc) is 2.51. The summed E-state index contributed by atoms with van der Waals surface area (Å²) in [5, 5.41) is 0. The van der Waals surface area contributed by atoms with E-state index in [1.807, 2.05) is 12.1 Å². The quantitative estimate of drug-likeness (QED) is 0.688. The normalized spacial score (nSPS) is 15.4. The Balaban J connectivity index is 2.19. The Morgan fingerprint density at radius 2 is 1.93 bits per heavy atom. The standard InChI is InChI=1S/C10H10N2O2/c1-2-13-9-4-7-8(12-6-11-7)5-10(9)14-3-1/h4-6H,1-3H2,(H,11,12). The molecule has 0 saturated heterocycles. The minimum absolute atomic E-state index is 0.711. The Kier molecular flexibility index (Phi) is 1.59. The summed E-state index contributed by atoms with van der Waals surface area (Å²) in [7, 11) is 0. The van der Waals surface area contributed by atoms with Crippen LogP contribution < -0.4 is 9.47 Å². The molecule has 0 saturated carbocycles. The van der Waals surface area contributed by atoms with Crippen LogP contribution in [0.2, 0.25) is 0 Å². The van der Waals surface area contributed by atoms with Gasteiger partial charge in [-0.2, -0.15) is 0 Å². The number of ether oxygens (including phenoxy) is 2. The van der Waals surface area contributed by atoms with Crippen LogP contribution in [0.5, 0.6) is 11.5 Å². The van der Waals surface area contributed by atoms with E-state index >= 15 is 0 Å². The van der Waals surface area contributed by atoms with E-state index in [4.69, 9.17) is 9.47 Å². The first-order chi connectivity index (χ1) is 6.93. The van der Waals surface area contributed by atoms with Gasteiger partial charge in [-0.25, -0.2) is 4.98 Å². The number of fused-ring (bicyclic) bond motifs is 2. The summed E-state index contributed by atoms with van der Waals surface area (Å²) in [6, 6.07) is 3.84. The van der Waals surface area contributed by atoms with E-state index in [0.717, 1.165) is 29.0 Å². The number of aromatic nitrogens is 2. The number of nitrogens with zero attached hydrogens (tertiary/aromatic N) is 1. The number of benzene rings is 1. The van der Waals surface area contributed by atoms with Crippen LogP contribution in [0, 0.1) is 0 Å². The third kappa shape index (κ3) is 1.11. The molecule has 0 fully saturated rings. The number of rotatable bonds is 0. The smallest absolute Gasteiger partial charge is 0.163 e. The zero-order valence-corrected chi connectivity index (χ0v) is 7.62. The highest BCUT2D eigenvalue weighted by Crippen LogP contribution is 2.32. The van der Waals surface area contributed by atoms with Gasteiger partial charge < -0.3 is 14.5 Å². The number of aromatic amines is 1. The zero-order chi connectivity index (χ0) is 9.38. The van der Waals surface area contributed by atoms with E-state index in [1.54, 1.807) is 6.33 Å². The van der Waals surface area contributed by atoms with Crippen LogP contribution in [0.15, 0.2) is 18.5 Å². The lowest BCUT2D eigenvalue weighted by molar-refractivity contribution is 0.297. The van der Waals surface area contributed by atoms with Crippen molar-refractivity contribution in [2.24, 2.45) is 0 Å². The second-order valence-corrected chi connectivity index (χ2v) is 3.27. The van der Waals surface area contributed by atoms with Gasteiger partial charge in [0.05, 0.1) is 30.6 Å². The van der Waals surface area contributed by atoms with E-state index in [2.05, 4.69) is 9.97 Å². The van der Waals surface area contributed by atoms with Crippen molar-refractivity contribution in [3.8, 4) is 11.5 Å². The first-order valence-corrected chi connectivity index (χ1v) is 4.66. The molecule has 1 aromatic heterocycles. The van der Waals surface area contributed by atoms with Gasteiger partial charge in [-0.15, -0.1) is 0 Å². The van der Waals surface area contributed by atoms with Crippen molar-refractivity contribution in [2.75, 3.05) is 13.2 Å². The van der Waals surface area contributed by atoms with Gasteiger partial charge in [0.25, 0.3) is 0 Å². The summed E-state index contributed by atoms with van der Waals surface area (Å²) < 4.78 is 11.1. The fraction of sp³-hybridized carbons (Fsp3) is 0.300. The lowest BCUT2D eigenvalue weighted by Gasteiger charge is -2.05. The van der Waals surface area contributed by atoms with Crippen LogP contribution in [0.4, 0.5) is 0 Å². The molecular formula is C10H10N2O2. The molecule has 0 radical (unpaired) electrons. The molecule has 0 amide bonds. The maximum absolute atomic E-state index is 5.55. The maximum atomic E-state index is 5.55. The first kappa shape index (κ1) is 7.67. The monoisotopic (exact) mass is 190 g/mol. The predicted molar refractivity (Wildman–Crippen MR) is 51.7 cm³/mol. The van der Waals surface area contributed by atoms with Crippen molar-refractivity contribution in [1.82, 2.24) is 9.97 Å². The van der Waals surface area contributed by atoms with E-state index in [1.165, 1.54) is 0 Å². The maximum Gasteiger partial charge on any atom is 0.163 e. The van der Waals surface area contributed by atoms with Gasteiger partial charge in [-0.3, -0.25) is 0 Å². The Morgan fingerprint density at radius 3 is 2.79 bits per heavy atom. The van der Waals surface area contributed by atoms with Crippen LogP contribution in [-0.4, -0.2) is 23.2 Å².